The molecular weight excluding hydrogens is 637 g/mol. The van der Waals surface area contributed by atoms with E-state index < -0.39 is 46.2 Å². The van der Waals surface area contributed by atoms with E-state index in [1.165, 1.54) is 6.08 Å². The molecule has 14 nitrogen and oxygen atoms in total. The lowest BCUT2D eigenvalue weighted by atomic mass is 10.0. The van der Waals surface area contributed by atoms with Gasteiger partial charge in [0.1, 0.15) is 17.7 Å². The van der Waals surface area contributed by atoms with Gasteiger partial charge in [-0.05, 0) is 30.7 Å². The Morgan fingerprint density at radius 1 is 1.05 bits per heavy atom. The SMILES string of the molecule is CC(=N)N1CCC(Oc2c(C(N)=O)cc(N(C/C=C/c3cccc(C(=N)N)c3)S(=O)(=O)CC(=O)O)cc2C(N)=O)CC1.Cl.Cl. The third-order valence-corrected chi connectivity index (χ3v) is 8.16. The van der Waals surface area contributed by atoms with Crippen LogP contribution in [0, 0.1) is 10.8 Å². The van der Waals surface area contributed by atoms with Crippen molar-refractivity contribution in [3.63, 3.8) is 0 Å². The maximum absolute atomic E-state index is 13.2. The molecule has 9 N–H and O–H groups in total. The first-order valence-corrected chi connectivity index (χ1v) is 14.4. The van der Waals surface area contributed by atoms with Crippen molar-refractivity contribution in [2.24, 2.45) is 17.2 Å². The van der Waals surface area contributed by atoms with Gasteiger partial charge in [0, 0.05) is 31.5 Å². The van der Waals surface area contributed by atoms with E-state index in [1.807, 2.05) is 4.90 Å². The molecule has 1 saturated heterocycles. The first-order chi connectivity index (χ1) is 19.7. The lowest BCUT2D eigenvalue weighted by molar-refractivity contribution is -0.134. The van der Waals surface area contributed by atoms with Gasteiger partial charge in [-0.2, -0.15) is 0 Å². The number of carbonyl (C=O) groups is 3. The summed E-state index contributed by atoms with van der Waals surface area (Å²) in [4.78, 5) is 38.3. The molecule has 0 unspecified atom stereocenters. The fourth-order valence-electron chi connectivity index (χ4n) is 4.43. The Balaban J connectivity index is 0.00000484. The highest BCUT2D eigenvalue weighted by Gasteiger charge is 2.30. The zero-order valence-electron chi connectivity index (χ0n) is 23.7. The van der Waals surface area contributed by atoms with Gasteiger partial charge in [0.2, 0.25) is 10.0 Å². The van der Waals surface area contributed by atoms with E-state index in [4.69, 9.17) is 32.8 Å². The summed E-state index contributed by atoms with van der Waals surface area (Å²) in [6.07, 6.45) is 3.48. The number of amidine groups is 2. The second-order valence-electron chi connectivity index (χ2n) is 9.61. The van der Waals surface area contributed by atoms with Crippen molar-refractivity contribution in [1.29, 1.82) is 10.8 Å². The van der Waals surface area contributed by atoms with E-state index in [1.54, 1.807) is 37.3 Å². The summed E-state index contributed by atoms with van der Waals surface area (Å²) in [7, 11) is -4.53. The van der Waals surface area contributed by atoms with Crippen LogP contribution in [0.25, 0.3) is 6.08 Å². The van der Waals surface area contributed by atoms with Crippen molar-refractivity contribution in [3.05, 3.63) is 64.7 Å². The van der Waals surface area contributed by atoms with Crippen LogP contribution in [-0.4, -0.2) is 79.4 Å². The molecule has 1 aliphatic rings. The number of ether oxygens (including phenoxy) is 1. The summed E-state index contributed by atoms with van der Waals surface area (Å²) >= 11 is 0. The number of likely N-dealkylation sites (tertiary alicyclic amines) is 1. The number of anilines is 1. The first kappa shape index (κ1) is 37.7. The number of primary amides is 2. The molecule has 240 valence electrons. The number of carboxylic acid groups (broad SMARTS) is 1. The summed E-state index contributed by atoms with van der Waals surface area (Å²) in [5, 5.41) is 24.6. The van der Waals surface area contributed by atoms with Crippen LogP contribution < -0.4 is 26.2 Å². The van der Waals surface area contributed by atoms with Crippen LogP contribution in [0.5, 0.6) is 5.75 Å². The fourth-order valence-corrected chi connectivity index (χ4v) is 5.64. The summed E-state index contributed by atoms with van der Waals surface area (Å²) < 4.78 is 33.1. The molecule has 44 heavy (non-hydrogen) atoms. The maximum atomic E-state index is 13.2. The van der Waals surface area contributed by atoms with Crippen LogP contribution >= 0.6 is 24.8 Å². The Morgan fingerprint density at radius 2 is 1.61 bits per heavy atom. The maximum Gasteiger partial charge on any atom is 0.320 e. The summed E-state index contributed by atoms with van der Waals surface area (Å²) in [6, 6.07) is 8.81. The van der Waals surface area contributed by atoms with E-state index in [0.717, 1.165) is 16.4 Å². The van der Waals surface area contributed by atoms with Gasteiger partial charge in [-0.1, -0.05) is 30.4 Å². The molecule has 2 aromatic carbocycles. The number of halogens is 2. The Labute approximate surface area is 267 Å². The highest BCUT2D eigenvalue weighted by Crippen LogP contribution is 2.33. The van der Waals surface area contributed by atoms with Gasteiger partial charge in [0.15, 0.2) is 5.75 Å². The summed E-state index contributed by atoms with van der Waals surface area (Å²) in [5.74, 6) is -4.89. The monoisotopic (exact) mass is 671 g/mol. The Bertz CT molecular complexity index is 1520. The van der Waals surface area contributed by atoms with E-state index in [2.05, 4.69) is 0 Å². The number of hydrogen-bond acceptors (Lipinski definition) is 8. The zero-order chi connectivity index (χ0) is 31.2. The minimum absolute atomic E-state index is 0. The minimum atomic E-state index is -4.53. The van der Waals surface area contributed by atoms with Crippen LogP contribution in [0.4, 0.5) is 5.69 Å². The number of benzene rings is 2. The first-order valence-electron chi connectivity index (χ1n) is 12.8. The second-order valence-corrected chi connectivity index (χ2v) is 11.5. The minimum Gasteiger partial charge on any atom is -0.489 e. The fraction of sp³-hybridized carbons (Fsp3) is 0.296. The van der Waals surface area contributed by atoms with E-state index in [9.17, 15) is 27.9 Å². The molecule has 0 atom stereocenters. The zero-order valence-corrected chi connectivity index (χ0v) is 26.1. The smallest absolute Gasteiger partial charge is 0.320 e. The molecule has 1 aliphatic heterocycles. The van der Waals surface area contributed by atoms with Crippen LogP contribution in [0.1, 0.15) is 51.6 Å². The van der Waals surface area contributed by atoms with Gasteiger partial charge in [-0.15, -0.1) is 24.8 Å². The van der Waals surface area contributed by atoms with Crippen LogP contribution in [-0.2, 0) is 14.8 Å². The second kappa shape index (κ2) is 15.9. The van der Waals surface area contributed by atoms with E-state index >= 15 is 0 Å². The highest BCUT2D eigenvalue weighted by molar-refractivity contribution is 7.93. The van der Waals surface area contributed by atoms with Gasteiger partial charge in [0.25, 0.3) is 11.8 Å². The van der Waals surface area contributed by atoms with Gasteiger partial charge < -0.3 is 31.9 Å². The Morgan fingerprint density at radius 3 is 2.09 bits per heavy atom. The normalized spacial score (nSPS) is 13.3. The number of piperidine rings is 1. The van der Waals surface area contributed by atoms with Crippen molar-refractivity contribution < 1.29 is 32.6 Å². The van der Waals surface area contributed by atoms with Crippen molar-refractivity contribution in [2.45, 2.75) is 25.9 Å². The summed E-state index contributed by atoms with van der Waals surface area (Å²) in [5.41, 5.74) is 16.9. The number of hydrogen-bond donors (Lipinski definition) is 6. The number of sulfonamides is 1. The largest absolute Gasteiger partial charge is 0.489 e. The standard InChI is InChI=1S/C27H33N7O7S.2ClH/c1-16(28)33-10-7-20(8-11-33)41-24-21(26(31)37)13-19(14-22(24)27(32)38)34(42(39,40)15-23(35)36)9-3-5-17-4-2-6-18(12-17)25(29)30;;/h2-6,12-14,20,28H,7-11,15H2,1H3,(H3,29,30)(H2,31,37)(H2,32,38)(H,35,36);2*1H/b5-3+,28-16?;;. The number of amides is 2. The highest BCUT2D eigenvalue weighted by atomic mass is 35.5. The molecule has 3 rings (SSSR count). The molecule has 2 amide bonds. The van der Waals surface area contributed by atoms with Crippen molar-refractivity contribution in [3.8, 4) is 5.75 Å². The molecule has 0 spiro atoms. The van der Waals surface area contributed by atoms with E-state index in [0.29, 0.717) is 42.9 Å². The average Bonchev–Trinajstić information content (AvgIpc) is 2.90. The quantitative estimate of drug-likeness (QED) is 0.142. The number of nitrogens with zero attached hydrogens (tertiary/aromatic N) is 2. The van der Waals surface area contributed by atoms with Crippen molar-refractivity contribution in [1.82, 2.24) is 4.90 Å². The molecule has 0 aromatic heterocycles. The molecule has 17 heteroatoms. The predicted octanol–water partition coefficient (Wildman–Crippen LogP) is 1.79. The number of nitrogens with two attached hydrogens (primary N) is 3. The number of rotatable bonds is 12. The van der Waals surface area contributed by atoms with Gasteiger partial charge in [0.05, 0.1) is 29.2 Å². The third-order valence-electron chi connectivity index (χ3n) is 6.51. The Hall–Kier alpha value is -4.34. The topological polar surface area (TPSA) is 247 Å². The van der Waals surface area contributed by atoms with Crippen LogP contribution in [0.3, 0.4) is 0 Å². The van der Waals surface area contributed by atoms with Gasteiger partial charge in [-0.25, -0.2) is 8.42 Å². The summed E-state index contributed by atoms with van der Waals surface area (Å²) in [6.45, 7) is 2.30. The number of nitrogen functional groups attached to an aromatic ring is 1. The van der Waals surface area contributed by atoms with Gasteiger partial charge >= 0.3 is 5.97 Å². The molecule has 0 aliphatic carbocycles. The number of carbonyl (C=O) groups excluding carboxylic acids is 2. The third kappa shape index (κ3) is 9.59. The van der Waals surface area contributed by atoms with Crippen LogP contribution in [0.2, 0.25) is 0 Å². The lowest BCUT2D eigenvalue weighted by Crippen LogP contribution is -2.41. The number of nitrogens with one attached hydrogen (secondary N) is 2. The Kier molecular flexibility index (Phi) is 13.6. The predicted molar refractivity (Wildman–Crippen MR) is 172 cm³/mol. The number of aliphatic carboxylic acids is 1. The lowest BCUT2D eigenvalue weighted by Gasteiger charge is -2.33. The van der Waals surface area contributed by atoms with E-state index in [-0.39, 0.29) is 53.2 Å². The molecular formula is C27H35Cl2N7O7S. The molecule has 1 fully saturated rings. The van der Waals surface area contributed by atoms with Crippen molar-refractivity contribution >= 4 is 76.1 Å². The van der Waals surface area contributed by atoms with Gasteiger partial charge in [-0.3, -0.25) is 29.5 Å². The average molecular weight is 673 g/mol. The number of carboxylic acids is 1. The molecule has 0 bridgehead atoms. The molecule has 0 saturated carbocycles. The van der Waals surface area contributed by atoms with Crippen molar-refractivity contribution in [2.75, 3.05) is 29.7 Å². The molecule has 1 heterocycles. The molecule has 0 radical (unpaired) electrons. The molecule has 2 aromatic rings. The van der Waals surface area contributed by atoms with Crippen LogP contribution in [0.15, 0.2) is 42.5 Å².